The third-order valence-electron chi connectivity index (χ3n) is 7.00. The quantitative estimate of drug-likeness (QED) is 0.492. The number of pyridine rings is 1. The van der Waals surface area contributed by atoms with Crippen molar-refractivity contribution < 1.29 is 23.5 Å². The molecule has 2 aromatic carbocycles. The number of benzene rings is 2. The van der Waals surface area contributed by atoms with E-state index in [0.717, 1.165) is 53.3 Å². The fraction of sp³-hybridized carbons (Fsp3) is 0.444. The van der Waals surface area contributed by atoms with Gasteiger partial charge in [0.05, 0.1) is 38.9 Å². The molecular weight excluding hydrogens is 402 g/mol. The lowest BCUT2D eigenvalue weighted by atomic mass is 9.90. The van der Waals surface area contributed by atoms with Crippen LogP contribution < -0.4 is 23.5 Å². The molecule has 0 saturated heterocycles. The molecule has 0 amide bonds. The average molecular weight is 435 g/mol. The van der Waals surface area contributed by atoms with E-state index in [0.29, 0.717) is 5.92 Å². The van der Waals surface area contributed by atoms with Crippen molar-refractivity contribution in [3.8, 4) is 34.3 Å². The molecule has 0 bridgehead atoms. The first-order chi connectivity index (χ1) is 15.7. The summed E-state index contributed by atoms with van der Waals surface area (Å²) in [5.41, 5.74) is 3.66. The Hall–Kier alpha value is -2.95. The van der Waals surface area contributed by atoms with Gasteiger partial charge in [0, 0.05) is 12.5 Å². The smallest absolute Gasteiger partial charge is 0.213 e. The monoisotopic (exact) mass is 434 g/mol. The summed E-state index contributed by atoms with van der Waals surface area (Å²) in [6.07, 6.45) is 9.69. The number of aromatic nitrogens is 1. The van der Waals surface area contributed by atoms with Gasteiger partial charge in [-0.05, 0) is 54.0 Å². The number of aryl methyl sites for hydroxylation is 2. The summed E-state index contributed by atoms with van der Waals surface area (Å²) in [4.78, 5) is 0. The van der Waals surface area contributed by atoms with Gasteiger partial charge >= 0.3 is 0 Å². The zero-order valence-corrected chi connectivity index (χ0v) is 19.3. The van der Waals surface area contributed by atoms with Gasteiger partial charge < -0.3 is 18.9 Å². The molecular formula is C27H32NO4+. The molecule has 1 fully saturated rings. The highest BCUT2D eigenvalue weighted by Crippen LogP contribution is 2.40. The minimum absolute atomic E-state index is 0.642. The van der Waals surface area contributed by atoms with Crippen LogP contribution in [-0.4, -0.2) is 27.9 Å². The molecule has 1 aromatic heterocycles. The van der Waals surface area contributed by atoms with Gasteiger partial charge in [0.15, 0.2) is 35.7 Å². The predicted octanol–water partition coefficient (Wildman–Crippen LogP) is 5.34. The molecule has 5 rings (SSSR count). The molecule has 0 spiro atoms. The predicted molar refractivity (Wildman–Crippen MR) is 125 cm³/mol. The highest BCUT2D eigenvalue weighted by atomic mass is 16.5. The van der Waals surface area contributed by atoms with E-state index in [4.69, 9.17) is 18.9 Å². The van der Waals surface area contributed by atoms with E-state index in [-0.39, 0.29) is 0 Å². The van der Waals surface area contributed by atoms with Crippen molar-refractivity contribution in [2.75, 3.05) is 27.9 Å². The van der Waals surface area contributed by atoms with Crippen molar-refractivity contribution in [1.82, 2.24) is 0 Å². The number of methoxy groups -OCH3 is 3. The zero-order chi connectivity index (χ0) is 22.1. The number of fused-ring (bicyclic) bond motifs is 4. The van der Waals surface area contributed by atoms with Crippen LogP contribution in [0.4, 0.5) is 0 Å². The van der Waals surface area contributed by atoms with E-state index in [1.165, 1.54) is 48.9 Å². The van der Waals surface area contributed by atoms with Gasteiger partial charge in [-0.1, -0.05) is 19.3 Å². The SMILES string of the molecule is COc1cc2c(cc1OC)-c1cc3ccc(OC)c(OCC4CCCCC4)c3c[n+]1CC2. The highest BCUT2D eigenvalue weighted by molar-refractivity contribution is 5.91. The van der Waals surface area contributed by atoms with Gasteiger partial charge in [-0.2, -0.15) is 4.57 Å². The minimum atomic E-state index is 0.642. The van der Waals surface area contributed by atoms with Gasteiger partial charge in [-0.15, -0.1) is 0 Å². The van der Waals surface area contributed by atoms with Crippen molar-refractivity contribution in [2.24, 2.45) is 5.92 Å². The molecule has 168 valence electrons. The van der Waals surface area contributed by atoms with E-state index in [2.05, 4.69) is 35.0 Å². The third-order valence-corrected chi connectivity index (χ3v) is 7.00. The summed E-state index contributed by atoms with van der Waals surface area (Å²) in [6, 6.07) is 10.6. The number of ether oxygens (including phenoxy) is 4. The molecule has 5 heteroatoms. The van der Waals surface area contributed by atoms with Gasteiger partial charge in [-0.3, -0.25) is 0 Å². The maximum Gasteiger partial charge on any atom is 0.213 e. The fourth-order valence-electron chi connectivity index (χ4n) is 5.20. The molecule has 0 N–H and O–H groups in total. The van der Waals surface area contributed by atoms with Crippen LogP contribution in [0.25, 0.3) is 22.0 Å². The van der Waals surface area contributed by atoms with Crippen LogP contribution in [0.15, 0.2) is 36.5 Å². The first-order valence-corrected chi connectivity index (χ1v) is 11.6. The van der Waals surface area contributed by atoms with Crippen LogP contribution in [0.2, 0.25) is 0 Å². The lowest BCUT2D eigenvalue weighted by molar-refractivity contribution is -0.686. The second-order valence-electron chi connectivity index (χ2n) is 8.88. The average Bonchev–Trinajstić information content (AvgIpc) is 2.85. The normalized spacial score (nSPS) is 15.7. The number of nitrogens with zero attached hydrogens (tertiary/aromatic N) is 1. The Morgan fingerprint density at radius 3 is 2.38 bits per heavy atom. The van der Waals surface area contributed by atoms with Crippen LogP contribution in [0.3, 0.4) is 0 Å². The third kappa shape index (κ3) is 3.74. The molecule has 1 aliphatic carbocycles. The summed E-state index contributed by atoms with van der Waals surface area (Å²) in [5, 5.41) is 2.26. The van der Waals surface area contributed by atoms with Gasteiger partial charge in [0.1, 0.15) is 0 Å². The largest absolute Gasteiger partial charge is 0.493 e. The number of hydrogen-bond acceptors (Lipinski definition) is 4. The van der Waals surface area contributed by atoms with Crippen LogP contribution in [0.1, 0.15) is 37.7 Å². The molecule has 0 atom stereocenters. The summed E-state index contributed by atoms with van der Waals surface area (Å²) < 4.78 is 25.5. The Bertz CT molecular complexity index is 1130. The lowest BCUT2D eigenvalue weighted by Crippen LogP contribution is -2.40. The van der Waals surface area contributed by atoms with Gasteiger partial charge in [-0.25, -0.2) is 0 Å². The second kappa shape index (κ2) is 8.89. The van der Waals surface area contributed by atoms with Crippen molar-refractivity contribution >= 4 is 10.8 Å². The molecule has 0 unspecified atom stereocenters. The summed E-state index contributed by atoms with van der Waals surface area (Å²) >= 11 is 0. The Labute approximate surface area is 189 Å². The van der Waals surface area contributed by atoms with Crippen molar-refractivity contribution in [2.45, 2.75) is 45.1 Å². The maximum absolute atomic E-state index is 6.43. The van der Waals surface area contributed by atoms with E-state index >= 15 is 0 Å². The number of hydrogen-bond donors (Lipinski definition) is 0. The molecule has 2 heterocycles. The Morgan fingerprint density at radius 2 is 1.62 bits per heavy atom. The first kappa shape index (κ1) is 20.9. The van der Waals surface area contributed by atoms with Crippen LogP contribution >= 0.6 is 0 Å². The van der Waals surface area contributed by atoms with E-state index in [1.54, 1.807) is 21.3 Å². The van der Waals surface area contributed by atoms with Crippen molar-refractivity contribution in [3.05, 3.63) is 42.1 Å². The molecule has 32 heavy (non-hydrogen) atoms. The van der Waals surface area contributed by atoms with Gasteiger partial charge in [0.2, 0.25) is 5.69 Å². The topological polar surface area (TPSA) is 40.8 Å². The minimum Gasteiger partial charge on any atom is -0.493 e. The second-order valence-corrected chi connectivity index (χ2v) is 8.88. The molecule has 1 aliphatic heterocycles. The molecule has 2 aliphatic rings. The maximum atomic E-state index is 6.43. The molecule has 5 nitrogen and oxygen atoms in total. The number of rotatable bonds is 6. The highest BCUT2D eigenvalue weighted by Gasteiger charge is 2.27. The van der Waals surface area contributed by atoms with E-state index in [1.807, 2.05) is 6.07 Å². The van der Waals surface area contributed by atoms with Gasteiger partial charge in [0.25, 0.3) is 0 Å². The molecule has 3 aromatic rings. The van der Waals surface area contributed by atoms with Crippen LogP contribution in [-0.2, 0) is 13.0 Å². The van der Waals surface area contributed by atoms with E-state index in [9.17, 15) is 0 Å². The first-order valence-electron chi connectivity index (χ1n) is 11.6. The van der Waals surface area contributed by atoms with Crippen molar-refractivity contribution in [1.29, 1.82) is 0 Å². The van der Waals surface area contributed by atoms with Crippen molar-refractivity contribution in [3.63, 3.8) is 0 Å². The molecule has 1 saturated carbocycles. The van der Waals surface area contributed by atoms with Crippen LogP contribution in [0, 0.1) is 5.92 Å². The lowest BCUT2D eigenvalue weighted by Gasteiger charge is -2.23. The van der Waals surface area contributed by atoms with E-state index < -0.39 is 0 Å². The Balaban J connectivity index is 1.56. The fourth-order valence-corrected chi connectivity index (χ4v) is 5.20. The summed E-state index contributed by atoms with van der Waals surface area (Å²) in [7, 11) is 5.09. The Kier molecular flexibility index (Phi) is 5.81. The van der Waals surface area contributed by atoms with Crippen LogP contribution in [0.5, 0.6) is 23.0 Å². The standard InChI is InChI=1S/C27H32NO4/c1-29-24-10-9-19-13-23-21-15-26(31-3)25(30-2)14-20(21)11-12-28(23)16-22(19)27(24)32-17-18-7-5-4-6-8-18/h9-10,13-16,18H,4-8,11-12,17H2,1-3H3/q+1. The summed E-state index contributed by atoms with van der Waals surface area (Å²) in [6.45, 7) is 1.67. The summed E-state index contributed by atoms with van der Waals surface area (Å²) in [5.74, 6) is 3.85. The molecule has 0 radical (unpaired) electrons. The Morgan fingerprint density at radius 1 is 0.875 bits per heavy atom. The zero-order valence-electron chi connectivity index (χ0n) is 19.3.